The SMILES string of the molecule is CSCC[C@@H](C(=O)Nc1nnc(C2CCC2)s1)n1cccc1. The van der Waals surface area contributed by atoms with Crippen LogP contribution in [0.5, 0.6) is 0 Å². The second kappa shape index (κ2) is 7.28. The average molecular weight is 336 g/mol. The van der Waals surface area contributed by atoms with E-state index in [-0.39, 0.29) is 11.9 Å². The molecule has 22 heavy (non-hydrogen) atoms. The van der Waals surface area contributed by atoms with Gasteiger partial charge in [0, 0.05) is 18.3 Å². The first-order chi connectivity index (χ1) is 10.8. The first kappa shape index (κ1) is 15.6. The smallest absolute Gasteiger partial charge is 0.249 e. The molecule has 1 fully saturated rings. The summed E-state index contributed by atoms with van der Waals surface area (Å²) in [6, 6.07) is 3.69. The van der Waals surface area contributed by atoms with Gasteiger partial charge in [-0.15, -0.1) is 10.2 Å². The monoisotopic (exact) mass is 336 g/mol. The Morgan fingerprint density at radius 2 is 2.23 bits per heavy atom. The van der Waals surface area contributed by atoms with E-state index in [1.54, 1.807) is 11.8 Å². The number of rotatable bonds is 7. The molecule has 1 atom stereocenters. The number of nitrogens with zero attached hydrogens (tertiary/aromatic N) is 3. The molecule has 0 saturated heterocycles. The van der Waals surface area contributed by atoms with Crippen molar-refractivity contribution >= 4 is 34.1 Å². The molecule has 1 N–H and O–H groups in total. The van der Waals surface area contributed by atoms with E-state index in [2.05, 4.69) is 21.8 Å². The van der Waals surface area contributed by atoms with Gasteiger partial charge in [0.1, 0.15) is 11.0 Å². The minimum Gasteiger partial charge on any atom is -0.342 e. The minimum absolute atomic E-state index is 0.0124. The van der Waals surface area contributed by atoms with Gasteiger partial charge in [-0.25, -0.2) is 0 Å². The van der Waals surface area contributed by atoms with Crippen LogP contribution in [-0.4, -0.2) is 32.7 Å². The Hall–Kier alpha value is -1.34. The molecular formula is C15H20N4OS2. The molecule has 0 bridgehead atoms. The number of amides is 1. The lowest BCUT2D eigenvalue weighted by atomic mass is 9.86. The third-order valence-corrected chi connectivity index (χ3v) is 5.66. The van der Waals surface area contributed by atoms with E-state index >= 15 is 0 Å². The lowest BCUT2D eigenvalue weighted by Crippen LogP contribution is -2.25. The zero-order chi connectivity index (χ0) is 15.4. The Balaban J connectivity index is 1.66. The second-order valence-corrected chi connectivity index (χ2v) is 7.48. The number of anilines is 1. The van der Waals surface area contributed by atoms with Crippen LogP contribution >= 0.6 is 23.1 Å². The molecule has 118 valence electrons. The molecule has 0 unspecified atom stereocenters. The maximum absolute atomic E-state index is 12.6. The minimum atomic E-state index is -0.196. The van der Waals surface area contributed by atoms with Crippen molar-refractivity contribution in [2.24, 2.45) is 0 Å². The van der Waals surface area contributed by atoms with Crippen LogP contribution in [0.1, 0.15) is 42.7 Å². The van der Waals surface area contributed by atoms with Gasteiger partial charge in [0.15, 0.2) is 0 Å². The highest BCUT2D eigenvalue weighted by Crippen LogP contribution is 2.38. The third kappa shape index (κ3) is 3.52. The third-order valence-electron chi connectivity index (χ3n) is 4.01. The van der Waals surface area contributed by atoms with Crippen LogP contribution in [0.4, 0.5) is 5.13 Å². The maximum Gasteiger partial charge on any atom is 0.249 e. The predicted octanol–water partition coefficient (Wildman–Crippen LogP) is 3.54. The van der Waals surface area contributed by atoms with E-state index in [1.165, 1.54) is 30.6 Å². The topological polar surface area (TPSA) is 59.8 Å². The first-order valence-electron chi connectivity index (χ1n) is 7.53. The summed E-state index contributed by atoms with van der Waals surface area (Å²) >= 11 is 3.27. The van der Waals surface area contributed by atoms with Gasteiger partial charge in [-0.2, -0.15) is 11.8 Å². The van der Waals surface area contributed by atoms with Crippen molar-refractivity contribution in [3.63, 3.8) is 0 Å². The van der Waals surface area contributed by atoms with Gasteiger partial charge in [0.05, 0.1) is 0 Å². The molecule has 3 rings (SSSR count). The molecule has 2 heterocycles. The number of thioether (sulfide) groups is 1. The van der Waals surface area contributed by atoms with Gasteiger partial charge in [-0.3, -0.25) is 10.1 Å². The van der Waals surface area contributed by atoms with E-state index < -0.39 is 0 Å². The van der Waals surface area contributed by atoms with Crippen LogP contribution in [-0.2, 0) is 4.79 Å². The second-order valence-electron chi connectivity index (χ2n) is 5.49. The molecule has 2 aromatic heterocycles. The van der Waals surface area contributed by atoms with Crippen molar-refractivity contribution in [1.82, 2.24) is 14.8 Å². The van der Waals surface area contributed by atoms with Crippen LogP contribution in [0.3, 0.4) is 0 Å². The van der Waals surface area contributed by atoms with E-state index in [9.17, 15) is 4.79 Å². The van der Waals surface area contributed by atoms with Crippen molar-refractivity contribution < 1.29 is 4.79 Å². The summed E-state index contributed by atoms with van der Waals surface area (Å²) in [5.41, 5.74) is 0. The molecule has 5 nitrogen and oxygen atoms in total. The Labute approximate surface area is 138 Å². The Morgan fingerprint density at radius 3 is 2.86 bits per heavy atom. The summed E-state index contributed by atoms with van der Waals surface area (Å²) < 4.78 is 1.96. The summed E-state index contributed by atoms with van der Waals surface area (Å²) in [6.07, 6.45) is 10.4. The van der Waals surface area contributed by atoms with Gasteiger partial charge in [-0.1, -0.05) is 17.8 Å². The fraction of sp³-hybridized carbons (Fsp3) is 0.533. The van der Waals surface area contributed by atoms with Crippen molar-refractivity contribution in [2.45, 2.75) is 37.6 Å². The van der Waals surface area contributed by atoms with Crippen LogP contribution in [0, 0.1) is 0 Å². The molecule has 2 aromatic rings. The molecule has 1 aliphatic rings. The van der Waals surface area contributed by atoms with Crippen molar-refractivity contribution in [2.75, 3.05) is 17.3 Å². The first-order valence-corrected chi connectivity index (χ1v) is 9.74. The summed E-state index contributed by atoms with van der Waals surface area (Å²) in [5.74, 6) is 1.49. The summed E-state index contributed by atoms with van der Waals surface area (Å²) in [6.45, 7) is 0. The van der Waals surface area contributed by atoms with E-state index in [0.717, 1.165) is 17.2 Å². The quantitative estimate of drug-likeness (QED) is 0.840. The molecule has 1 amide bonds. The normalized spacial score (nSPS) is 16.2. The zero-order valence-electron chi connectivity index (χ0n) is 12.6. The zero-order valence-corrected chi connectivity index (χ0v) is 14.2. The molecular weight excluding hydrogens is 316 g/mol. The van der Waals surface area contributed by atoms with Crippen LogP contribution in [0.25, 0.3) is 0 Å². The lowest BCUT2D eigenvalue weighted by Gasteiger charge is -2.21. The number of carbonyl (C=O) groups is 1. The average Bonchev–Trinajstić information content (AvgIpc) is 3.10. The fourth-order valence-corrected chi connectivity index (χ4v) is 3.87. The molecule has 0 radical (unpaired) electrons. The summed E-state index contributed by atoms with van der Waals surface area (Å²) in [5, 5.41) is 13.0. The number of carbonyl (C=O) groups excluding carboxylic acids is 1. The van der Waals surface area contributed by atoms with Crippen molar-refractivity contribution in [1.29, 1.82) is 0 Å². The number of hydrogen-bond acceptors (Lipinski definition) is 5. The molecule has 1 saturated carbocycles. The molecule has 1 aliphatic carbocycles. The van der Waals surface area contributed by atoms with E-state index in [0.29, 0.717) is 11.0 Å². The maximum atomic E-state index is 12.6. The van der Waals surface area contributed by atoms with Crippen LogP contribution in [0.15, 0.2) is 24.5 Å². The van der Waals surface area contributed by atoms with Gasteiger partial charge >= 0.3 is 0 Å². The van der Waals surface area contributed by atoms with Crippen molar-refractivity contribution in [3.05, 3.63) is 29.5 Å². The highest BCUT2D eigenvalue weighted by Gasteiger charge is 2.25. The molecule has 0 spiro atoms. The molecule has 0 aromatic carbocycles. The lowest BCUT2D eigenvalue weighted by molar-refractivity contribution is -0.119. The Morgan fingerprint density at radius 1 is 1.45 bits per heavy atom. The number of aromatic nitrogens is 3. The van der Waals surface area contributed by atoms with Gasteiger partial charge in [0.25, 0.3) is 0 Å². The Kier molecular flexibility index (Phi) is 5.15. The Bertz CT molecular complexity index is 607. The standard InChI is InChI=1S/C15H20N4OS2/c1-21-10-7-12(19-8-2-3-9-19)13(20)16-15-18-17-14(22-15)11-5-4-6-11/h2-3,8-9,11-12H,4-7,10H2,1H3,(H,16,18,20)/t12-/m0/s1. The van der Waals surface area contributed by atoms with Crippen LogP contribution < -0.4 is 5.32 Å². The summed E-state index contributed by atoms with van der Waals surface area (Å²) in [4.78, 5) is 12.6. The number of hydrogen-bond donors (Lipinski definition) is 1. The molecule has 0 aliphatic heterocycles. The molecule has 7 heteroatoms. The largest absolute Gasteiger partial charge is 0.342 e. The van der Waals surface area contributed by atoms with Gasteiger partial charge in [0.2, 0.25) is 11.0 Å². The predicted molar refractivity (Wildman–Crippen MR) is 91.6 cm³/mol. The van der Waals surface area contributed by atoms with E-state index in [1.807, 2.05) is 29.1 Å². The summed E-state index contributed by atoms with van der Waals surface area (Å²) in [7, 11) is 0. The fourth-order valence-electron chi connectivity index (χ4n) is 2.49. The van der Waals surface area contributed by atoms with Gasteiger partial charge < -0.3 is 4.57 Å². The number of nitrogens with one attached hydrogen (secondary N) is 1. The highest BCUT2D eigenvalue weighted by atomic mass is 32.2. The van der Waals surface area contributed by atoms with Crippen molar-refractivity contribution in [3.8, 4) is 0 Å². The van der Waals surface area contributed by atoms with Gasteiger partial charge in [-0.05, 0) is 43.4 Å². The van der Waals surface area contributed by atoms with Crippen LogP contribution in [0.2, 0.25) is 0 Å². The van der Waals surface area contributed by atoms with E-state index in [4.69, 9.17) is 0 Å². The highest BCUT2D eigenvalue weighted by molar-refractivity contribution is 7.98.